The van der Waals surface area contributed by atoms with Crippen LogP contribution in [0.5, 0.6) is 0 Å². The van der Waals surface area contributed by atoms with E-state index in [1.807, 2.05) is 62.4 Å². The number of likely N-dealkylation sites (tertiary alicyclic amines) is 2. The van der Waals surface area contributed by atoms with E-state index in [9.17, 15) is 24.3 Å². The van der Waals surface area contributed by atoms with Gasteiger partial charge < -0.3 is 40.2 Å². The van der Waals surface area contributed by atoms with E-state index in [1.54, 1.807) is 16.0 Å². The summed E-state index contributed by atoms with van der Waals surface area (Å²) in [5, 5.41) is 14.4. The number of methoxy groups -OCH3 is 1. The Labute approximate surface area is 347 Å². The van der Waals surface area contributed by atoms with Crippen molar-refractivity contribution < 1.29 is 29.0 Å². The Bertz CT molecular complexity index is 2500. The average molecular weight is 809 g/mol. The Hall–Kier alpha value is -6.96. The maximum Gasteiger partial charge on any atom is 0.407 e. The molecule has 0 bridgehead atoms. The smallest absolute Gasteiger partial charge is 0.407 e. The van der Waals surface area contributed by atoms with Crippen LogP contribution in [0.2, 0.25) is 0 Å². The molecule has 2 aliphatic heterocycles. The molecule has 0 spiro atoms. The van der Waals surface area contributed by atoms with Crippen LogP contribution >= 0.6 is 0 Å². The standard InChI is InChI=1S/C46H48N8O6/c1-27(2)39(51-45(57)58)43(55)53-23-7-11-37(53)41-47-26-36(50-41)31-19-17-29(18-20-31)28-13-15-30(16-14-28)33-21-22-34-35(25-33)49-42(48-34)38-12-8-24-54(38)44(56)40(52-46(59)60-3)32-9-5-4-6-10-32/h4-6,9-10,13-22,25-27,37-40,51H,7-8,11-12,23-24H2,1-3H3,(H,47,50)(H,48,49)(H,52,59)(H,57,58)/t37-,38-,39-,40+/m0/s1. The number of alkyl carbamates (subject to hydrolysis) is 1. The number of nitrogens with one attached hydrogen (secondary N) is 4. The van der Waals surface area contributed by atoms with Crippen molar-refractivity contribution in [3.63, 3.8) is 0 Å². The number of amides is 4. The lowest BCUT2D eigenvalue weighted by atomic mass is 9.99. The number of aromatic nitrogens is 4. The van der Waals surface area contributed by atoms with E-state index >= 15 is 0 Å². The second-order valence-electron chi connectivity index (χ2n) is 15.7. The lowest BCUT2D eigenvalue weighted by molar-refractivity contribution is -0.135. The first-order valence-electron chi connectivity index (χ1n) is 20.3. The van der Waals surface area contributed by atoms with Crippen molar-refractivity contribution in [2.75, 3.05) is 20.2 Å². The van der Waals surface area contributed by atoms with Gasteiger partial charge >= 0.3 is 12.2 Å². The average Bonchev–Trinajstić information content (AvgIpc) is 4.11. The van der Waals surface area contributed by atoms with Gasteiger partial charge in [-0.25, -0.2) is 19.6 Å². The topological polar surface area (TPSA) is 186 Å². The molecule has 0 saturated carbocycles. The third-order valence-electron chi connectivity index (χ3n) is 11.6. The quantitative estimate of drug-likeness (QED) is 0.0872. The highest BCUT2D eigenvalue weighted by Gasteiger charge is 2.38. The Kier molecular flexibility index (Phi) is 11.4. The van der Waals surface area contributed by atoms with Gasteiger partial charge in [-0.3, -0.25) is 9.59 Å². The molecule has 14 heteroatoms. The van der Waals surface area contributed by atoms with E-state index in [4.69, 9.17) is 9.72 Å². The van der Waals surface area contributed by atoms with Gasteiger partial charge in [-0.1, -0.05) is 98.8 Å². The van der Waals surface area contributed by atoms with Crippen molar-refractivity contribution in [1.29, 1.82) is 0 Å². The van der Waals surface area contributed by atoms with Crippen LogP contribution in [0.3, 0.4) is 0 Å². The van der Waals surface area contributed by atoms with Gasteiger partial charge in [-0.15, -0.1) is 0 Å². The number of carboxylic acid groups (broad SMARTS) is 1. The fraction of sp³-hybridized carbons (Fsp3) is 0.304. The van der Waals surface area contributed by atoms with Crippen LogP contribution in [-0.4, -0.2) is 85.1 Å². The lowest BCUT2D eigenvalue weighted by Gasteiger charge is -2.29. The van der Waals surface area contributed by atoms with E-state index in [1.165, 1.54) is 7.11 Å². The summed E-state index contributed by atoms with van der Waals surface area (Å²) in [6.07, 6.45) is 3.03. The van der Waals surface area contributed by atoms with Crippen LogP contribution in [-0.2, 0) is 14.3 Å². The Morgan fingerprint density at radius 3 is 1.93 bits per heavy atom. The molecule has 0 aliphatic carbocycles. The van der Waals surface area contributed by atoms with E-state index in [-0.39, 0.29) is 29.8 Å². The largest absolute Gasteiger partial charge is 0.465 e. The minimum atomic E-state index is -1.21. The number of nitrogens with zero attached hydrogens (tertiary/aromatic N) is 4. The van der Waals surface area contributed by atoms with Gasteiger partial charge in [-0.05, 0) is 77.1 Å². The number of carbonyl (C=O) groups is 4. The zero-order chi connectivity index (χ0) is 41.9. The SMILES string of the molecule is COC(=O)N[C@@H](C(=O)N1CCC[C@H]1c1nc2ccc(-c3ccc(-c4ccc(-c5cnc([C@@H]6CCCN6C(=O)[C@@H](NC(=O)O)C(C)C)[nH]5)cc4)cc3)cc2[nH]1)c1ccccc1. The molecule has 6 aromatic rings. The van der Waals surface area contributed by atoms with Crippen LogP contribution in [0.15, 0.2) is 103 Å². The Balaban J connectivity index is 0.942. The summed E-state index contributed by atoms with van der Waals surface area (Å²) in [6, 6.07) is 29.7. The van der Waals surface area contributed by atoms with Crippen molar-refractivity contribution in [1.82, 2.24) is 40.4 Å². The summed E-state index contributed by atoms with van der Waals surface area (Å²) >= 11 is 0. The molecule has 14 nitrogen and oxygen atoms in total. The van der Waals surface area contributed by atoms with Crippen LogP contribution < -0.4 is 10.6 Å². The predicted molar refractivity (Wildman–Crippen MR) is 226 cm³/mol. The maximum atomic E-state index is 14.0. The number of aromatic amines is 2. The molecule has 0 radical (unpaired) electrons. The molecule has 2 aromatic heterocycles. The summed E-state index contributed by atoms with van der Waals surface area (Å²) in [6.45, 7) is 4.77. The summed E-state index contributed by atoms with van der Waals surface area (Å²) in [7, 11) is 1.28. The van der Waals surface area contributed by atoms with E-state index in [0.717, 1.165) is 70.2 Å². The Morgan fingerprint density at radius 2 is 1.32 bits per heavy atom. The van der Waals surface area contributed by atoms with Gasteiger partial charge in [0.2, 0.25) is 5.91 Å². The minimum Gasteiger partial charge on any atom is -0.465 e. The second kappa shape index (κ2) is 17.1. The maximum absolute atomic E-state index is 14.0. The summed E-state index contributed by atoms with van der Waals surface area (Å²) in [5.41, 5.74) is 8.37. The summed E-state index contributed by atoms with van der Waals surface area (Å²) < 4.78 is 4.84. The molecule has 2 fully saturated rings. The highest BCUT2D eigenvalue weighted by atomic mass is 16.5. The van der Waals surface area contributed by atoms with E-state index < -0.39 is 24.3 Å². The fourth-order valence-electron chi connectivity index (χ4n) is 8.45. The number of rotatable bonds is 11. The van der Waals surface area contributed by atoms with Crippen LogP contribution in [0.4, 0.5) is 9.59 Å². The minimum absolute atomic E-state index is 0.188. The normalized spacial score (nSPS) is 17.5. The van der Waals surface area contributed by atoms with Crippen molar-refractivity contribution in [2.45, 2.75) is 63.7 Å². The third kappa shape index (κ3) is 8.17. The number of hydrogen-bond donors (Lipinski definition) is 5. The van der Waals surface area contributed by atoms with Crippen molar-refractivity contribution in [3.8, 4) is 33.5 Å². The van der Waals surface area contributed by atoms with Gasteiger partial charge in [-0.2, -0.15) is 0 Å². The summed E-state index contributed by atoms with van der Waals surface area (Å²) in [4.78, 5) is 71.0. The first-order valence-corrected chi connectivity index (χ1v) is 20.3. The Morgan fingerprint density at radius 1 is 0.733 bits per heavy atom. The van der Waals surface area contributed by atoms with Gasteiger partial charge in [0.15, 0.2) is 0 Å². The van der Waals surface area contributed by atoms with Gasteiger partial charge in [0, 0.05) is 13.1 Å². The molecule has 308 valence electrons. The number of hydrogen-bond acceptors (Lipinski definition) is 7. The van der Waals surface area contributed by atoms with Gasteiger partial charge in [0.25, 0.3) is 5.91 Å². The molecule has 4 heterocycles. The third-order valence-corrected chi connectivity index (χ3v) is 11.6. The zero-order valence-electron chi connectivity index (χ0n) is 33.7. The number of H-pyrrole nitrogens is 2. The molecule has 60 heavy (non-hydrogen) atoms. The van der Waals surface area contributed by atoms with Crippen LogP contribution in [0, 0.1) is 5.92 Å². The molecule has 5 N–H and O–H groups in total. The number of carbonyl (C=O) groups excluding carboxylic acids is 3. The van der Waals surface area contributed by atoms with Crippen molar-refractivity contribution in [3.05, 3.63) is 120 Å². The lowest BCUT2D eigenvalue weighted by Crippen LogP contribution is -2.50. The monoisotopic (exact) mass is 808 g/mol. The van der Waals surface area contributed by atoms with Crippen molar-refractivity contribution >= 4 is 35.0 Å². The summed E-state index contributed by atoms with van der Waals surface area (Å²) in [5.74, 6) is 0.771. The molecule has 4 atom stereocenters. The predicted octanol–water partition coefficient (Wildman–Crippen LogP) is 8.00. The molecule has 2 saturated heterocycles. The molecule has 4 amide bonds. The van der Waals surface area contributed by atoms with E-state index in [0.29, 0.717) is 30.3 Å². The number of imidazole rings is 2. The number of ether oxygens (including phenoxy) is 1. The fourth-order valence-corrected chi connectivity index (χ4v) is 8.45. The molecule has 0 unspecified atom stereocenters. The molecule has 4 aromatic carbocycles. The van der Waals surface area contributed by atoms with Crippen molar-refractivity contribution in [2.24, 2.45) is 5.92 Å². The number of fused-ring (bicyclic) bond motifs is 1. The molecule has 8 rings (SSSR count). The van der Waals surface area contributed by atoms with Crippen LogP contribution in [0.25, 0.3) is 44.5 Å². The molecular weight excluding hydrogens is 761 g/mol. The first-order chi connectivity index (χ1) is 29.1. The van der Waals surface area contributed by atoms with Crippen LogP contribution in [0.1, 0.15) is 74.9 Å². The highest BCUT2D eigenvalue weighted by Crippen LogP contribution is 2.36. The highest BCUT2D eigenvalue weighted by molar-refractivity contribution is 5.88. The number of benzene rings is 4. The zero-order valence-corrected chi connectivity index (χ0v) is 33.7. The molecule has 2 aliphatic rings. The van der Waals surface area contributed by atoms with Gasteiger partial charge in [0.1, 0.15) is 23.7 Å². The molecular formula is C46H48N8O6. The van der Waals surface area contributed by atoms with Gasteiger partial charge in [0.05, 0.1) is 42.1 Å². The first kappa shape index (κ1) is 39.8. The van der Waals surface area contributed by atoms with E-state index in [2.05, 4.69) is 74.1 Å². The second-order valence-corrected chi connectivity index (χ2v) is 15.7.